The van der Waals surface area contributed by atoms with Gasteiger partial charge in [0.15, 0.2) is 5.78 Å². The molecule has 0 radical (unpaired) electrons. The van der Waals surface area contributed by atoms with Gasteiger partial charge in [-0.2, -0.15) is 5.26 Å². The first-order valence-electron chi connectivity index (χ1n) is 9.49. The normalized spacial score (nSPS) is 22.7. The number of ketones is 1. The zero-order valence-electron chi connectivity index (χ0n) is 15.8. The number of hydrogen-bond donors (Lipinski definition) is 2. The lowest BCUT2D eigenvalue weighted by molar-refractivity contribution is -0.122. The van der Waals surface area contributed by atoms with Gasteiger partial charge in [0.05, 0.1) is 17.5 Å². The summed E-state index contributed by atoms with van der Waals surface area (Å²) in [6, 6.07) is 10.6. The maximum Gasteiger partial charge on any atom is 0.245 e. The van der Waals surface area contributed by atoms with Crippen molar-refractivity contribution in [2.75, 3.05) is 10.2 Å². The summed E-state index contributed by atoms with van der Waals surface area (Å²) >= 11 is 6.25. The molecule has 148 valence electrons. The number of rotatable bonds is 1. The quantitative estimate of drug-likeness (QED) is 0.737. The van der Waals surface area contributed by atoms with Crippen molar-refractivity contribution in [3.63, 3.8) is 0 Å². The molecule has 7 nitrogen and oxygen atoms in total. The molecule has 1 atom stereocenters. The molecule has 0 fully saturated rings. The van der Waals surface area contributed by atoms with Crippen molar-refractivity contribution in [3.8, 4) is 6.07 Å². The highest BCUT2D eigenvalue weighted by Gasteiger charge is 2.60. The van der Waals surface area contributed by atoms with Crippen molar-refractivity contribution in [3.05, 3.63) is 76.0 Å². The number of carbonyl (C=O) groups is 2. The van der Waals surface area contributed by atoms with Crippen LogP contribution < -0.4 is 16.0 Å². The van der Waals surface area contributed by atoms with E-state index in [4.69, 9.17) is 17.3 Å². The van der Waals surface area contributed by atoms with Crippen molar-refractivity contribution in [1.82, 2.24) is 4.98 Å². The SMILES string of the molecule is N#CC1=C(N)N(c2cccnc2)C2=C(C(=O)CCC2)C12C(=O)Nc1ccc(Cl)cc12. The highest BCUT2D eigenvalue weighted by Crippen LogP contribution is 2.55. The number of nitrogens with two attached hydrogens (primary N) is 1. The number of anilines is 2. The first kappa shape index (κ1) is 18.4. The van der Waals surface area contributed by atoms with Crippen LogP contribution in [-0.2, 0) is 15.0 Å². The summed E-state index contributed by atoms with van der Waals surface area (Å²) in [5.41, 5.74) is 7.48. The lowest BCUT2D eigenvalue weighted by Gasteiger charge is -2.43. The van der Waals surface area contributed by atoms with E-state index in [9.17, 15) is 14.9 Å². The minimum atomic E-state index is -1.61. The van der Waals surface area contributed by atoms with E-state index in [0.29, 0.717) is 52.5 Å². The number of fused-ring (bicyclic) bond motifs is 3. The number of aromatic nitrogens is 1. The monoisotopic (exact) mass is 417 g/mol. The molecule has 0 saturated carbocycles. The fourth-order valence-electron chi connectivity index (χ4n) is 4.74. The molecular formula is C22H16ClN5O2. The fourth-order valence-corrected chi connectivity index (χ4v) is 4.92. The number of amides is 1. The third kappa shape index (κ3) is 2.22. The van der Waals surface area contributed by atoms with Gasteiger partial charge in [0, 0.05) is 40.2 Å². The van der Waals surface area contributed by atoms with Crippen LogP contribution in [0, 0.1) is 11.3 Å². The van der Waals surface area contributed by atoms with Crippen LogP contribution in [0.2, 0.25) is 5.02 Å². The Labute approximate surface area is 177 Å². The number of nitrogens with one attached hydrogen (secondary N) is 1. The highest BCUT2D eigenvalue weighted by atomic mass is 35.5. The van der Waals surface area contributed by atoms with Gasteiger partial charge < -0.3 is 11.1 Å². The molecule has 2 aromatic rings. The van der Waals surface area contributed by atoms with Gasteiger partial charge in [0.2, 0.25) is 5.91 Å². The Morgan fingerprint density at radius 3 is 2.83 bits per heavy atom. The minimum absolute atomic E-state index is 0.0128. The summed E-state index contributed by atoms with van der Waals surface area (Å²) in [6.07, 6.45) is 4.71. The van der Waals surface area contributed by atoms with E-state index in [2.05, 4.69) is 16.4 Å². The van der Waals surface area contributed by atoms with E-state index < -0.39 is 11.3 Å². The average molecular weight is 418 g/mol. The smallest absolute Gasteiger partial charge is 0.245 e. The van der Waals surface area contributed by atoms with E-state index in [0.717, 1.165) is 0 Å². The van der Waals surface area contributed by atoms with Gasteiger partial charge in [-0.3, -0.25) is 19.5 Å². The van der Waals surface area contributed by atoms with Crippen molar-refractivity contribution in [2.45, 2.75) is 24.7 Å². The molecule has 3 heterocycles. The number of allylic oxidation sites excluding steroid dienone is 1. The van der Waals surface area contributed by atoms with E-state index in [1.165, 1.54) is 0 Å². The van der Waals surface area contributed by atoms with Crippen molar-refractivity contribution >= 4 is 34.7 Å². The van der Waals surface area contributed by atoms with Gasteiger partial charge in [-0.25, -0.2) is 0 Å². The first-order chi connectivity index (χ1) is 14.5. The molecule has 1 aliphatic carbocycles. The van der Waals surface area contributed by atoms with Crippen molar-refractivity contribution in [2.24, 2.45) is 5.73 Å². The van der Waals surface area contributed by atoms with Crippen LogP contribution >= 0.6 is 11.6 Å². The molecule has 1 aromatic heterocycles. The van der Waals surface area contributed by atoms with Gasteiger partial charge in [0.1, 0.15) is 17.3 Å². The predicted molar refractivity (Wildman–Crippen MR) is 111 cm³/mol. The number of benzene rings is 1. The number of halogens is 1. The summed E-state index contributed by atoms with van der Waals surface area (Å²) in [7, 11) is 0. The Morgan fingerprint density at radius 2 is 2.10 bits per heavy atom. The molecule has 1 amide bonds. The van der Waals surface area contributed by atoms with E-state index >= 15 is 0 Å². The Morgan fingerprint density at radius 1 is 1.27 bits per heavy atom. The largest absolute Gasteiger partial charge is 0.384 e. The van der Waals surface area contributed by atoms with E-state index in [1.54, 1.807) is 47.6 Å². The predicted octanol–water partition coefficient (Wildman–Crippen LogP) is 3.15. The van der Waals surface area contributed by atoms with Crippen LogP contribution in [0.3, 0.4) is 0 Å². The van der Waals surface area contributed by atoms with Crippen LogP contribution in [0.25, 0.3) is 0 Å². The molecule has 2 aliphatic heterocycles. The number of pyridine rings is 1. The number of hydrogen-bond acceptors (Lipinski definition) is 6. The molecular weight excluding hydrogens is 402 g/mol. The Balaban J connectivity index is 1.90. The number of nitriles is 1. The average Bonchev–Trinajstić information content (AvgIpc) is 3.01. The van der Waals surface area contributed by atoms with Gasteiger partial charge in [-0.15, -0.1) is 0 Å². The van der Waals surface area contributed by atoms with Crippen LogP contribution in [0.1, 0.15) is 24.8 Å². The van der Waals surface area contributed by atoms with Gasteiger partial charge in [0.25, 0.3) is 0 Å². The van der Waals surface area contributed by atoms with Crippen LogP contribution in [0.15, 0.2) is 65.4 Å². The highest BCUT2D eigenvalue weighted by molar-refractivity contribution is 6.31. The molecule has 30 heavy (non-hydrogen) atoms. The second kappa shape index (κ2) is 6.44. The Bertz CT molecular complexity index is 1230. The van der Waals surface area contributed by atoms with Crippen LogP contribution in [0.4, 0.5) is 11.4 Å². The molecule has 8 heteroatoms. The second-order valence-electron chi connectivity index (χ2n) is 7.41. The van der Waals surface area contributed by atoms with Gasteiger partial charge in [-0.05, 0) is 43.2 Å². The third-order valence-electron chi connectivity index (χ3n) is 5.89. The standard InChI is InChI=1S/C22H16ClN5O2/c23-12-6-7-16-14(9-12)22(21(30)27-16)15(10-24)20(25)28(13-3-2-8-26-11-13)17-4-1-5-18(29)19(17)22/h2-3,6-9,11H,1,4-5,25H2,(H,27,30). The summed E-state index contributed by atoms with van der Waals surface area (Å²) in [5.74, 6) is -0.525. The van der Waals surface area contributed by atoms with Crippen molar-refractivity contribution < 1.29 is 9.59 Å². The zero-order chi connectivity index (χ0) is 21.0. The molecule has 0 bridgehead atoms. The number of Topliss-reactive ketones (excluding diaryl/α,β-unsaturated/α-hetero) is 1. The summed E-state index contributed by atoms with van der Waals surface area (Å²) in [4.78, 5) is 32.6. The molecule has 1 spiro atoms. The van der Waals surface area contributed by atoms with E-state index in [-0.39, 0.29) is 17.2 Å². The second-order valence-corrected chi connectivity index (χ2v) is 7.85. The maximum atomic E-state index is 13.5. The van der Waals surface area contributed by atoms with Gasteiger partial charge >= 0.3 is 0 Å². The lowest BCUT2D eigenvalue weighted by atomic mass is 9.64. The molecule has 1 aromatic carbocycles. The summed E-state index contributed by atoms with van der Waals surface area (Å²) in [6.45, 7) is 0. The summed E-state index contributed by atoms with van der Waals surface area (Å²) in [5, 5.41) is 13.4. The van der Waals surface area contributed by atoms with Crippen molar-refractivity contribution in [1.29, 1.82) is 5.26 Å². The zero-order valence-corrected chi connectivity index (χ0v) is 16.5. The van der Waals surface area contributed by atoms with Gasteiger partial charge in [-0.1, -0.05) is 11.6 Å². The third-order valence-corrected chi connectivity index (χ3v) is 6.13. The Kier molecular flexibility index (Phi) is 3.95. The van der Waals surface area contributed by atoms with Crippen LogP contribution in [0.5, 0.6) is 0 Å². The Hall–Kier alpha value is -3.63. The minimum Gasteiger partial charge on any atom is -0.384 e. The molecule has 3 N–H and O–H groups in total. The van der Waals surface area contributed by atoms with Crippen LogP contribution in [-0.4, -0.2) is 16.7 Å². The maximum absolute atomic E-state index is 13.5. The fraction of sp³-hybridized carbons (Fsp3) is 0.182. The topological polar surface area (TPSA) is 112 Å². The molecule has 5 rings (SSSR count). The molecule has 3 aliphatic rings. The molecule has 1 unspecified atom stereocenters. The lowest BCUT2D eigenvalue weighted by Crippen LogP contribution is -2.50. The van der Waals surface area contributed by atoms with E-state index in [1.807, 2.05) is 0 Å². The number of carbonyl (C=O) groups excluding carboxylic acids is 2. The summed E-state index contributed by atoms with van der Waals surface area (Å²) < 4.78 is 0. The molecule has 0 saturated heterocycles. The first-order valence-corrected chi connectivity index (χ1v) is 9.86. The number of nitrogens with zero attached hydrogens (tertiary/aromatic N) is 3.